The van der Waals surface area contributed by atoms with Gasteiger partial charge in [0, 0.05) is 25.2 Å². The number of fused-ring (bicyclic) bond motifs is 1. The standard InChI is InChI=1S/C24H28N4.ClH/c1-3-10-21(11-4-1)23-13-14-24(27-26-23)25-16-7-2-8-17-28-18-15-20-9-5-6-12-22(20)19-28;/h1,3-6,9-14H,2,7-8,15-19H2,(H,25,27);1H. The van der Waals surface area contributed by atoms with E-state index in [4.69, 9.17) is 0 Å². The summed E-state index contributed by atoms with van der Waals surface area (Å²) in [6.07, 6.45) is 4.84. The lowest BCUT2D eigenvalue weighted by molar-refractivity contribution is 0.248. The van der Waals surface area contributed by atoms with E-state index in [9.17, 15) is 0 Å². The molecule has 0 saturated heterocycles. The molecule has 4 nitrogen and oxygen atoms in total. The number of aromatic nitrogens is 2. The summed E-state index contributed by atoms with van der Waals surface area (Å²) in [5.41, 5.74) is 5.05. The first-order valence-corrected chi connectivity index (χ1v) is 10.3. The van der Waals surface area contributed by atoms with E-state index in [2.05, 4.69) is 56.8 Å². The molecular formula is C24H29ClN4. The summed E-state index contributed by atoms with van der Waals surface area (Å²) < 4.78 is 0. The summed E-state index contributed by atoms with van der Waals surface area (Å²) in [5, 5.41) is 12.0. The highest BCUT2D eigenvalue weighted by molar-refractivity contribution is 5.85. The summed E-state index contributed by atoms with van der Waals surface area (Å²) in [5.74, 6) is 0.854. The van der Waals surface area contributed by atoms with Crippen LogP contribution in [0.25, 0.3) is 11.3 Å². The third-order valence-electron chi connectivity index (χ3n) is 5.40. The van der Waals surface area contributed by atoms with Gasteiger partial charge in [0.2, 0.25) is 0 Å². The van der Waals surface area contributed by atoms with E-state index >= 15 is 0 Å². The number of benzene rings is 2. The molecule has 1 aliphatic heterocycles. The zero-order chi connectivity index (χ0) is 19.0. The van der Waals surface area contributed by atoms with E-state index in [1.54, 1.807) is 0 Å². The summed E-state index contributed by atoms with van der Waals surface area (Å²) in [6.45, 7) is 4.44. The van der Waals surface area contributed by atoms with Crippen LogP contribution in [-0.4, -0.2) is 34.7 Å². The Labute approximate surface area is 179 Å². The van der Waals surface area contributed by atoms with Gasteiger partial charge in [0.05, 0.1) is 5.69 Å². The molecule has 5 heteroatoms. The van der Waals surface area contributed by atoms with Crippen molar-refractivity contribution in [3.63, 3.8) is 0 Å². The molecule has 0 saturated carbocycles. The maximum atomic E-state index is 4.32. The second-order valence-corrected chi connectivity index (χ2v) is 7.45. The molecule has 0 aliphatic carbocycles. The Hall–Kier alpha value is -2.43. The molecule has 1 N–H and O–H groups in total. The molecule has 1 aromatic heterocycles. The van der Waals surface area contributed by atoms with Gasteiger partial charge in [-0.1, -0.05) is 61.0 Å². The van der Waals surface area contributed by atoms with Gasteiger partial charge >= 0.3 is 0 Å². The molecule has 0 amide bonds. The van der Waals surface area contributed by atoms with E-state index in [-0.39, 0.29) is 12.4 Å². The van der Waals surface area contributed by atoms with Crippen LogP contribution >= 0.6 is 12.4 Å². The van der Waals surface area contributed by atoms with Crippen LogP contribution in [0.4, 0.5) is 5.82 Å². The minimum Gasteiger partial charge on any atom is -0.369 e. The predicted octanol–water partition coefficient (Wildman–Crippen LogP) is 5.21. The van der Waals surface area contributed by atoms with Gasteiger partial charge in [-0.05, 0) is 49.1 Å². The van der Waals surface area contributed by atoms with Crippen molar-refractivity contribution in [1.82, 2.24) is 15.1 Å². The van der Waals surface area contributed by atoms with Gasteiger partial charge in [-0.3, -0.25) is 4.90 Å². The number of anilines is 1. The van der Waals surface area contributed by atoms with Crippen molar-refractivity contribution in [2.75, 3.05) is 25.0 Å². The maximum Gasteiger partial charge on any atom is 0.148 e. The van der Waals surface area contributed by atoms with Crippen LogP contribution in [0.5, 0.6) is 0 Å². The fraction of sp³-hybridized carbons (Fsp3) is 0.333. The minimum absolute atomic E-state index is 0. The zero-order valence-corrected chi connectivity index (χ0v) is 17.6. The van der Waals surface area contributed by atoms with Crippen molar-refractivity contribution in [1.29, 1.82) is 0 Å². The summed E-state index contributed by atoms with van der Waals surface area (Å²) >= 11 is 0. The lowest BCUT2D eigenvalue weighted by Gasteiger charge is -2.28. The highest BCUT2D eigenvalue weighted by Gasteiger charge is 2.14. The fourth-order valence-corrected chi connectivity index (χ4v) is 3.79. The molecule has 0 unspecified atom stereocenters. The second-order valence-electron chi connectivity index (χ2n) is 7.45. The molecule has 0 fully saturated rings. The predicted molar refractivity (Wildman–Crippen MR) is 122 cm³/mol. The van der Waals surface area contributed by atoms with Crippen molar-refractivity contribution in [3.8, 4) is 11.3 Å². The van der Waals surface area contributed by atoms with E-state index < -0.39 is 0 Å². The number of nitrogens with zero attached hydrogens (tertiary/aromatic N) is 3. The Morgan fingerprint density at radius 3 is 2.38 bits per heavy atom. The molecule has 0 atom stereocenters. The Balaban J connectivity index is 0.00000240. The van der Waals surface area contributed by atoms with Gasteiger partial charge in [-0.15, -0.1) is 22.6 Å². The Kier molecular flexibility index (Phi) is 8.03. The van der Waals surface area contributed by atoms with E-state index in [1.165, 1.54) is 43.5 Å². The largest absolute Gasteiger partial charge is 0.369 e. The molecule has 2 aromatic carbocycles. The van der Waals surface area contributed by atoms with Gasteiger partial charge in [-0.25, -0.2) is 0 Å². The van der Waals surface area contributed by atoms with Crippen LogP contribution in [0.3, 0.4) is 0 Å². The van der Waals surface area contributed by atoms with Crippen molar-refractivity contribution in [2.45, 2.75) is 32.2 Å². The molecule has 29 heavy (non-hydrogen) atoms. The monoisotopic (exact) mass is 408 g/mol. The van der Waals surface area contributed by atoms with Gasteiger partial charge in [0.1, 0.15) is 5.82 Å². The van der Waals surface area contributed by atoms with Gasteiger partial charge in [0.15, 0.2) is 0 Å². The smallest absolute Gasteiger partial charge is 0.148 e. The first kappa shape index (κ1) is 21.3. The number of rotatable bonds is 8. The third kappa shape index (κ3) is 6.02. The summed E-state index contributed by atoms with van der Waals surface area (Å²) in [6, 6.07) is 23.1. The molecule has 2 heterocycles. The molecule has 0 radical (unpaired) electrons. The number of nitrogens with one attached hydrogen (secondary N) is 1. The fourth-order valence-electron chi connectivity index (χ4n) is 3.79. The quantitative estimate of drug-likeness (QED) is 0.519. The first-order chi connectivity index (χ1) is 13.9. The van der Waals surface area contributed by atoms with Crippen LogP contribution in [0, 0.1) is 0 Å². The zero-order valence-electron chi connectivity index (χ0n) is 16.8. The highest BCUT2D eigenvalue weighted by atomic mass is 35.5. The van der Waals surface area contributed by atoms with E-state index in [1.807, 2.05) is 30.3 Å². The Morgan fingerprint density at radius 2 is 1.59 bits per heavy atom. The second kappa shape index (κ2) is 10.9. The van der Waals surface area contributed by atoms with Crippen LogP contribution in [-0.2, 0) is 13.0 Å². The van der Waals surface area contributed by atoms with Crippen molar-refractivity contribution < 1.29 is 0 Å². The maximum absolute atomic E-state index is 4.32. The third-order valence-corrected chi connectivity index (χ3v) is 5.40. The molecule has 3 aromatic rings. The van der Waals surface area contributed by atoms with Crippen LogP contribution < -0.4 is 5.32 Å². The average Bonchev–Trinajstić information content (AvgIpc) is 2.77. The molecular weight excluding hydrogens is 380 g/mol. The van der Waals surface area contributed by atoms with E-state index in [0.29, 0.717) is 0 Å². The van der Waals surface area contributed by atoms with Gasteiger partial charge in [-0.2, -0.15) is 0 Å². The average molecular weight is 409 g/mol. The van der Waals surface area contributed by atoms with Gasteiger partial charge < -0.3 is 5.32 Å². The Bertz CT molecular complexity index is 868. The lowest BCUT2D eigenvalue weighted by Crippen LogP contribution is -2.31. The van der Waals surface area contributed by atoms with Crippen molar-refractivity contribution >= 4 is 18.2 Å². The lowest BCUT2D eigenvalue weighted by atomic mass is 10.00. The summed E-state index contributed by atoms with van der Waals surface area (Å²) in [4.78, 5) is 2.59. The highest BCUT2D eigenvalue weighted by Crippen LogP contribution is 2.19. The number of unbranched alkanes of at least 4 members (excludes halogenated alkanes) is 2. The Morgan fingerprint density at radius 1 is 0.793 bits per heavy atom. The molecule has 4 rings (SSSR count). The molecule has 0 spiro atoms. The normalized spacial score (nSPS) is 13.4. The minimum atomic E-state index is 0. The molecule has 1 aliphatic rings. The molecule has 0 bridgehead atoms. The van der Waals surface area contributed by atoms with Crippen molar-refractivity contribution in [2.24, 2.45) is 0 Å². The van der Waals surface area contributed by atoms with Crippen LogP contribution in [0.1, 0.15) is 30.4 Å². The number of hydrogen-bond donors (Lipinski definition) is 1. The number of halogens is 1. The SMILES string of the molecule is Cl.c1ccc(-c2ccc(NCCCCCN3CCc4ccccc4C3)nn2)cc1. The molecule has 152 valence electrons. The van der Waals surface area contributed by atoms with Crippen molar-refractivity contribution in [3.05, 3.63) is 77.9 Å². The summed E-state index contributed by atoms with van der Waals surface area (Å²) in [7, 11) is 0. The number of hydrogen-bond acceptors (Lipinski definition) is 4. The topological polar surface area (TPSA) is 41.0 Å². The van der Waals surface area contributed by atoms with Crippen LogP contribution in [0.15, 0.2) is 66.7 Å². The van der Waals surface area contributed by atoms with Gasteiger partial charge in [0.25, 0.3) is 0 Å². The van der Waals surface area contributed by atoms with Crippen LogP contribution in [0.2, 0.25) is 0 Å². The van der Waals surface area contributed by atoms with E-state index in [0.717, 1.165) is 36.6 Å². The first-order valence-electron chi connectivity index (χ1n) is 10.3.